The number of nitrogens with zero attached hydrogens (tertiary/aromatic N) is 1. The molecule has 0 bridgehead atoms. The quantitative estimate of drug-likeness (QED) is 0.392. The lowest BCUT2D eigenvalue weighted by Gasteiger charge is -1.92. The van der Waals surface area contributed by atoms with Gasteiger partial charge in [-0.05, 0) is 11.2 Å². The van der Waals surface area contributed by atoms with Gasteiger partial charge in [-0.15, -0.1) is 0 Å². The number of oxime groups is 1. The lowest BCUT2D eigenvalue weighted by molar-refractivity contribution is -0.251. The normalized spacial score (nSPS) is 13.7. The number of hydrogen-bond acceptors (Lipinski definition) is 3. The molecule has 0 atom stereocenters. The monoisotopic (exact) mass is 103 g/mol. The maximum Gasteiger partial charge on any atom is 0.147 e. The van der Waals surface area contributed by atoms with Gasteiger partial charge in [0.2, 0.25) is 0 Å². The van der Waals surface area contributed by atoms with Gasteiger partial charge in [0.15, 0.2) is 0 Å². The number of rotatable bonds is 0. The van der Waals surface area contributed by atoms with Crippen molar-refractivity contribution in [1.29, 1.82) is 0 Å². The van der Waals surface area contributed by atoms with Crippen LogP contribution in [0.1, 0.15) is 0 Å². The molecule has 40 valence electrons. The van der Waals surface area contributed by atoms with Gasteiger partial charge in [0.25, 0.3) is 0 Å². The summed E-state index contributed by atoms with van der Waals surface area (Å²) in [4.78, 5) is 8.24. The first-order chi connectivity index (χ1) is 3.00. The lowest BCUT2D eigenvalue weighted by Crippen LogP contribution is -1.82. The summed E-state index contributed by atoms with van der Waals surface area (Å²) in [6.07, 6.45) is 4.51. The summed E-state index contributed by atoms with van der Waals surface area (Å²) in [7, 11) is 0. The number of hydrogen-bond donors (Lipinski definition) is 0. The molecule has 0 spiro atoms. The maximum atomic E-state index is 4.19. The minimum absolute atomic E-state index is 0. The molecule has 4 nitrogen and oxygen atoms in total. The zero-order valence-electron chi connectivity index (χ0n) is 3.50. The molecule has 1 rings (SSSR count). The van der Waals surface area contributed by atoms with E-state index < -0.39 is 0 Å². The molecule has 0 amide bonds. The fourth-order valence-corrected chi connectivity index (χ4v) is 0.177. The lowest BCUT2D eigenvalue weighted by atomic mass is 10.7. The predicted molar refractivity (Wildman–Crippen MR) is 23.4 cm³/mol. The van der Waals surface area contributed by atoms with Crippen LogP contribution in [0.4, 0.5) is 0 Å². The summed E-state index contributed by atoms with van der Waals surface area (Å²) >= 11 is 0. The molecule has 0 saturated heterocycles. The standard InChI is InChI=1S/C3H3NO2.H2O/c1-2-4-6-5-3-1;/h1-3H;1H2. The number of allylic oxidation sites excluding steroid dienone is 1. The fourth-order valence-electron chi connectivity index (χ4n) is 0.177. The average molecular weight is 103 g/mol. The Bertz CT molecular complexity index is 76.2. The molecule has 1 heterocycles. The largest absolute Gasteiger partial charge is 0.412 e. The Morgan fingerprint density at radius 2 is 2.29 bits per heavy atom. The van der Waals surface area contributed by atoms with E-state index >= 15 is 0 Å². The Morgan fingerprint density at radius 1 is 1.43 bits per heavy atom. The van der Waals surface area contributed by atoms with Crippen molar-refractivity contribution in [1.82, 2.24) is 0 Å². The van der Waals surface area contributed by atoms with Crippen molar-refractivity contribution in [2.24, 2.45) is 5.16 Å². The highest BCUT2D eigenvalue weighted by atomic mass is 17.3. The second-order valence-corrected chi connectivity index (χ2v) is 0.754. The van der Waals surface area contributed by atoms with Crippen LogP contribution >= 0.6 is 0 Å². The molecule has 0 aliphatic carbocycles. The van der Waals surface area contributed by atoms with Crippen molar-refractivity contribution in [3.05, 3.63) is 12.3 Å². The molecule has 0 aromatic heterocycles. The van der Waals surface area contributed by atoms with Gasteiger partial charge in [-0.1, -0.05) is 0 Å². The molecule has 4 heteroatoms. The third-order valence-electron chi connectivity index (χ3n) is 0.367. The molecule has 0 aromatic carbocycles. The van der Waals surface area contributed by atoms with Crippen LogP contribution in [0, 0.1) is 0 Å². The van der Waals surface area contributed by atoms with Gasteiger partial charge in [-0.3, -0.25) is 4.89 Å². The van der Waals surface area contributed by atoms with Gasteiger partial charge in [-0.25, -0.2) is 0 Å². The van der Waals surface area contributed by atoms with Crippen molar-refractivity contribution < 1.29 is 15.4 Å². The second kappa shape index (κ2) is 3.17. The van der Waals surface area contributed by atoms with Gasteiger partial charge in [0.05, 0.1) is 6.21 Å². The van der Waals surface area contributed by atoms with Crippen molar-refractivity contribution in [2.75, 3.05) is 0 Å². The van der Waals surface area contributed by atoms with E-state index in [4.69, 9.17) is 0 Å². The van der Waals surface area contributed by atoms with Crippen LogP contribution in [0.25, 0.3) is 0 Å². The molecule has 0 saturated carbocycles. The van der Waals surface area contributed by atoms with Crippen LogP contribution in [0.2, 0.25) is 0 Å². The maximum absolute atomic E-state index is 4.19. The molecule has 2 N–H and O–H groups in total. The van der Waals surface area contributed by atoms with Crippen LogP contribution in [-0.4, -0.2) is 11.7 Å². The van der Waals surface area contributed by atoms with Crippen molar-refractivity contribution in [2.45, 2.75) is 0 Å². The summed E-state index contributed by atoms with van der Waals surface area (Å²) in [5.41, 5.74) is 0. The van der Waals surface area contributed by atoms with Crippen molar-refractivity contribution >= 4 is 6.21 Å². The van der Waals surface area contributed by atoms with E-state index in [2.05, 4.69) is 15.0 Å². The van der Waals surface area contributed by atoms with E-state index in [1.165, 1.54) is 12.5 Å². The highest BCUT2D eigenvalue weighted by Gasteiger charge is 1.77. The van der Waals surface area contributed by atoms with E-state index in [0.717, 1.165) is 0 Å². The van der Waals surface area contributed by atoms with Crippen LogP contribution in [0.5, 0.6) is 0 Å². The third kappa shape index (κ3) is 1.77. The molecule has 0 aromatic rings. The Morgan fingerprint density at radius 3 is 2.43 bits per heavy atom. The first-order valence-corrected chi connectivity index (χ1v) is 1.51. The van der Waals surface area contributed by atoms with Gasteiger partial charge in [-0.2, -0.15) is 4.99 Å². The average Bonchev–Trinajstić information content (AvgIpc) is 1.72. The Kier molecular flexibility index (Phi) is 2.70. The molecule has 1 aliphatic rings. The van der Waals surface area contributed by atoms with Crippen LogP contribution in [-0.2, 0) is 9.88 Å². The van der Waals surface area contributed by atoms with E-state index in [9.17, 15) is 0 Å². The zero-order valence-corrected chi connectivity index (χ0v) is 3.50. The summed E-state index contributed by atoms with van der Waals surface area (Å²) in [5, 5.41) is 3.24. The Balaban J connectivity index is 0.000000360. The van der Waals surface area contributed by atoms with Gasteiger partial charge in [0.1, 0.15) is 6.26 Å². The molecule has 0 fully saturated rings. The van der Waals surface area contributed by atoms with Crippen molar-refractivity contribution in [3.8, 4) is 0 Å². The molecule has 1 aliphatic heterocycles. The summed E-state index contributed by atoms with van der Waals surface area (Å²) in [6, 6.07) is 0. The minimum Gasteiger partial charge on any atom is -0.412 e. The summed E-state index contributed by atoms with van der Waals surface area (Å²) in [5.74, 6) is 0. The van der Waals surface area contributed by atoms with E-state index in [1.807, 2.05) is 0 Å². The first kappa shape index (κ1) is 5.97. The smallest absolute Gasteiger partial charge is 0.147 e. The van der Waals surface area contributed by atoms with E-state index in [-0.39, 0.29) is 5.48 Å². The minimum atomic E-state index is 0. The van der Waals surface area contributed by atoms with Crippen LogP contribution < -0.4 is 0 Å². The SMILES string of the molecule is C1=COON=C1.O. The molecular formula is C3H5NO3. The highest BCUT2D eigenvalue weighted by molar-refractivity contribution is 5.70. The summed E-state index contributed by atoms with van der Waals surface area (Å²) < 4.78 is 0. The third-order valence-corrected chi connectivity index (χ3v) is 0.367. The highest BCUT2D eigenvalue weighted by Crippen LogP contribution is 1.84. The van der Waals surface area contributed by atoms with E-state index in [1.54, 1.807) is 6.08 Å². The molecular weight excluding hydrogens is 98.0 g/mol. The van der Waals surface area contributed by atoms with E-state index in [0.29, 0.717) is 0 Å². The Labute approximate surface area is 40.3 Å². The van der Waals surface area contributed by atoms with Gasteiger partial charge < -0.3 is 5.48 Å². The predicted octanol–water partition coefficient (Wildman–Crippen LogP) is -0.377. The van der Waals surface area contributed by atoms with Gasteiger partial charge in [0, 0.05) is 0 Å². The summed E-state index contributed by atoms with van der Waals surface area (Å²) in [6.45, 7) is 0. The topological polar surface area (TPSA) is 62.3 Å². The molecule has 0 unspecified atom stereocenters. The second-order valence-electron chi connectivity index (χ2n) is 0.754. The van der Waals surface area contributed by atoms with Crippen LogP contribution in [0.3, 0.4) is 0 Å². The van der Waals surface area contributed by atoms with Gasteiger partial charge >= 0.3 is 0 Å². The van der Waals surface area contributed by atoms with Crippen molar-refractivity contribution in [3.63, 3.8) is 0 Å². The molecule has 0 radical (unpaired) electrons. The first-order valence-electron chi connectivity index (χ1n) is 1.51. The van der Waals surface area contributed by atoms with Crippen LogP contribution in [0.15, 0.2) is 17.5 Å². The molecule has 7 heavy (non-hydrogen) atoms. The zero-order chi connectivity index (χ0) is 4.24. The Hall–Kier alpha value is -1.03. The fraction of sp³-hybridized carbons (Fsp3) is 0.